The zero-order valence-corrected chi connectivity index (χ0v) is 10.9. The van der Waals surface area contributed by atoms with Gasteiger partial charge in [0.05, 0.1) is 16.3 Å². The van der Waals surface area contributed by atoms with Crippen molar-refractivity contribution >= 4 is 28.9 Å². The highest BCUT2D eigenvalue weighted by Crippen LogP contribution is 2.20. The molecule has 4 N–H and O–H groups in total. The first-order chi connectivity index (χ1) is 9.06. The summed E-state index contributed by atoms with van der Waals surface area (Å²) in [6, 6.07) is 11.6. The van der Waals surface area contributed by atoms with Crippen molar-refractivity contribution in [3.05, 3.63) is 58.6 Å². The summed E-state index contributed by atoms with van der Waals surface area (Å²) in [5.41, 5.74) is 13.5. The van der Waals surface area contributed by atoms with Crippen LogP contribution in [0.2, 0.25) is 5.02 Å². The van der Waals surface area contributed by atoms with Crippen LogP contribution in [0.4, 0.5) is 11.4 Å². The first-order valence-electron chi connectivity index (χ1n) is 5.63. The minimum Gasteiger partial charge on any atom is -0.457 e. The largest absolute Gasteiger partial charge is 0.457 e. The van der Waals surface area contributed by atoms with Crippen LogP contribution in [0.1, 0.15) is 15.9 Å². The predicted octanol–water partition coefficient (Wildman–Crippen LogP) is 2.86. The molecule has 0 amide bonds. The molecule has 0 saturated heterocycles. The molecule has 0 aromatic heterocycles. The van der Waals surface area contributed by atoms with Gasteiger partial charge in [-0.3, -0.25) is 0 Å². The van der Waals surface area contributed by atoms with Crippen molar-refractivity contribution in [3.8, 4) is 0 Å². The van der Waals surface area contributed by atoms with E-state index in [1.807, 2.05) is 0 Å². The summed E-state index contributed by atoms with van der Waals surface area (Å²) in [6.07, 6.45) is 0. The van der Waals surface area contributed by atoms with Crippen LogP contribution < -0.4 is 11.5 Å². The van der Waals surface area contributed by atoms with Gasteiger partial charge in [0, 0.05) is 5.69 Å². The summed E-state index contributed by atoms with van der Waals surface area (Å²) in [5.74, 6) is -0.409. The van der Waals surface area contributed by atoms with Crippen LogP contribution in [-0.4, -0.2) is 5.97 Å². The van der Waals surface area contributed by atoms with Gasteiger partial charge >= 0.3 is 5.97 Å². The molecule has 4 nitrogen and oxygen atoms in total. The van der Waals surface area contributed by atoms with E-state index in [0.29, 0.717) is 22.0 Å². The highest BCUT2D eigenvalue weighted by Gasteiger charge is 2.07. The number of nitrogens with two attached hydrogens (primary N) is 2. The molecule has 2 aromatic carbocycles. The zero-order valence-electron chi connectivity index (χ0n) is 10.1. The number of hydrogen-bond acceptors (Lipinski definition) is 4. The van der Waals surface area contributed by atoms with Crippen molar-refractivity contribution in [2.75, 3.05) is 11.5 Å². The molecule has 98 valence electrons. The molecular formula is C14H13ClN2O2. The molecule has 19 heavy (non-hydrogen) atoms. The van der Waals surface area contributed by atoms with Crippen molar-refractivity contribution in [3.63, 3.8) is 0 Å². The Morgan fingerprint density at radius 2 is 1.79 bits per heavy atom. The summed E-state index contributed by atoms with van der Waals surface area (Å²) in [5, 5.41) is 0.480. The second kappa shape index (κ2) is 5.63. The fourth-order valence-electron chi connectivity index (χ4n) is 1.53. The number of carbonyl (C=O) groups excluding carboxylic acids is 1. The third-order valence-electron chi connectivity index (χ3n) is 2.58. The molecule has 0 bridgehead atoms. The van der Waals surface area contributed by atoms with Crippen molar-refractivity contribution in [1.29, 1.82) is 0 Å². The molecule has 0 heterocycles. The van der Waals surface area contributed by atoms with Crippen LogP contribution in [0.15, 0.2) is 42.5 Å². The van der Waals surface area contributed by atoms with Gasteiger partial charge in [-0.15, -0.1) is 0 Å². The molecule has 0 saturated carbocycles. The normalized spacial score (nSPS) is 10.2. The molecule has 2 aromatic rings. The maximum Gasteiger partial charge on any atom is 0.338 e. The third kappa shape index (κ3) is 3.39. The van der Waals surface area contributed by atoms with Crippen molar-refractivity contribution in [2.45, 2.75) is 6.61 Å². The first kappa shape index (κ1) is 13.2. The van der Waals surface area contributed by atoms with E-state index in [9.17, 15) is 4.79 Å². The topological polar surface area (TPSA) is 78.3 Å². The molecule has 5 heteroatoms. The molecular weight excluding hydrogens is 264 g/mol. The predicted molar refractivity (Wildman–Crippen MR) is 75.8 cm³/mol. The Hall–Kier alpha value is -2.20. The molecule has 0 aliphatic rings. The van der Waals surface area contributed by atoms with Gasteiger partial charge < -0.3 is 16.2 Å². The van der Waals surface area contributed by atoms with Gasteiger partial charge in [-0.25, -0.2) is 4.79 Å². The number of benzene rings is 2. The highest BCUT2D eigenvalue weighted by atomic mass is 35.5. The number of carbonyl (C=O) groups is 1. The lowest BCUT2D eigenvalue weighted by molar-refractivity contribution is 0.0473. The van der Waals surface area contributed by atoms with Gasteiger partial charge in [-0.2, -0.15) is 0 Å². The van der Waals surface area contributed by atoms with Gasteiger partial charge in [0.2, 0.25) is 0 Å². The van der Waals surface area contributed by atoms with E-state index in [-0.39, 0.29) is 6.61 Å². The molecule has 0 aliphatic carbocycles. The summed E-state index contributed by atoms with van der Waals surface area (Å²) in [6.45, 7) is 0.143. The molecule has 2 rings (SSSR count). The van der Waals surface area contributed by atoms with Crippen LogP contribution in [-0.2, 0) is 11.3 Å². The van der Waals surface area contributed by atoms with E-state index < -0.39 is 5.97 Å². The maximum atomic E-state index is 11.8. The van der Waals surface area contributed by atoms with E-state index in [2.05, 4.69) is 0 Å². The summed E-state index contributed by atoms with van der Waals surface area (Å²) in [4.78, 5) is 11.8. The second-order valence-corrected chi connectivity index (χ2v) is 4.46. The zero-order chi connectivity index (χ0) is 13.8. The number of hydrogen-bond donors (Lipinski definition) is 2. The highest BCUT2D eigenvalue weighted by molar-refractivity contribution is 6.33. The number of anilines is 2. The summed E-state index contributed by atoms with van der Waals surface area (Å²) < 4.78 is 5.17. The van der Waals surface area contributed by atoms with Crippen LogP contribution in [0.3, 0.4) is 0 Å². The Morgan fingerprint density at radius 1 is 1.11 bits per heavy atom. The lowest BCUT2D eigenvalue weighted by Crippen LogP contribution is -2.05. The lowest BCUT2D eigenvalue weighted by atomic mass is 10.2. The lowest BCUT2D eigenvalue weighted by Gasteiger charge is -2.06. The van der Waals surface area contributed by atoms with E-state index in [1.165, 1.54) is 0 Å². The summed E-state index contributed by atoms with van der Waals surface area (Å²) in [7, 11) is 0. The number of rotatable bonds is 3. The van der Waals surface area contributed by atoms with Gasteiger partial charge in [0.25, 0.3) is 0 Å². The molecule has 0 unspecified atom stereocenters. The van der Waals surface area contributed by atoms with Crippen LogP contribution in [0.5, 0.6) is 0 Å². The number of halogens is 1. The standard InChI is InChI=1S/C14H13ClN2O2/c15-12-6-1-9(7-13(12)17)8-19-14(18)10-2-4-11(16)5-3-10/h1-7H,8,16-17H2. The Morgan fingerprint density at radius 3 is 2.42 bits per heavy atom. The molecule has 0 aliphatic heterocycles. The van der Waals surface area contributed by atoms with E-state index in [4.69, 9.17) is 27.8 Å². The van der Waals surface area contributed by atoms with Crippen LogP contribution >= 0.6 is 11.6 Å². The smallest absolute Gasteiger partial charge is 0.338 e. The average Bonchev–Trinajstić information content (AvgIpc) is 2.40. The van der Waals surface area contributed by atoms with Crippen molar-refractivity contribution < 1.29 is 9.53 Å². The maximum absolute atomic E-state index is 11.8. The van der Waals surface area contributed by atoms with Gasteiger partial charge in [0.1, 0.15) is 6.61 Å². The van der Waals surface area contributed by atoms with Gasteiger partial charge in [-0.1, -0.05) is 17.7 Å². The quantitative estimate of drug-likeness (QED) is 0.667. The van der Waals surface area contributed by atoms with Gasteiger partial charge in [0.15, 0.2) is 0 Å². The fraction of sp³-hybridized carbons (Fsp3) is 0.0714. The minimum absolute atomic E-state index is 0.143. The van der Waals surface area contributed by atoms with E-state index in [1.54, 1.807) is 42.5 Å². The number of nitrogen functional groups attached to an aromatic ring is 2. The molecule has 0 radical (unpaired) electrons. The van der Waals surface area contributed by atoms with E-state index in [0.717, 1.165) is 5.56 Å². The monoisotopic (exact) mass is 276 g/mol. The Balaban J connectivity index is 2.00. The Labute approximate surface area is 115 Å². The molecule has 0 spiro atoms. The second-order valence-electron chi connectivity index (χ2n) is 4.05. The molecule has 0 atom stereocenters. The first-order valence-corrected chi connectivity index (χ1v) is 6.00. The average molecular weight is 277 g/mol. The summed E-state index contributed by atoms with van der Waals surface area (Å²) >= 11 is 5.81. The molecule has 0 fully saturated rings. The number of esters is 1. The van der Waals surface area contributed by atoms with E-state index >= 15 is 0 Å². The van der Waals surface area contributed by atoms with Gasteiger partial charge in [-0.05, 0) is 42.0 Å². The minimum atomic E-state index is -0.409. The number of ether oxygens (including phenoxy) is 1. The SMILES string of the molecule is Nc1ccc(C(=O)OCc2ccc(Cl)c(N)c2)cc1. The Kier molecular flexibility index (Phi) is 3.92. The van der Waals surface area contributed by atoms with Crippen LogP contribution in [0.25, 0.3) is 0 Å². The third-order valence-corrected chi connectivity index (χ3v) is 2.92. The van der Waals surface area contributed by atoms with Crippen molar-refractivity contribution in [2.24, 2.45) is 0 Å². The van der Waals surface area contributed by atoms with Crippen molar-refractivity contribution in [1.82, 2.24) is 0 Å². The van der Waals surface area contributed by atoms with Crippen LogP contribution in [0, 0.1) is 0 Å². The Bertz CT molecular complexity index is 597. The fourth-order valence-corrected chi connectivity index (χ4v) is 1.65.